The Bertz CT molecular complexity index is 1700. The quantitative estimate of drug-likeness (QED) is 0.170. The number of carbonyl (C=O) groups excluding carboxylic acids is 1. The smallest absolute Gasteiger partial charge is 0.311 e. The van der Waals surface area contributed by atoms with Crippen molar-refractivity contribution in [3.05, 3.63) is 72.9 Å². The van der Waals surface area contributed by atoms with Crippen LogP contribution in [0, 0.1) is 17.8 Å². The largest absolute Gasteiger partial charge is 0.481 e. The van der Waals surface area contributed by atoms with E-state index in [0.29, 0.717) is 13.1 Å². The van der Waals surface area contributed by atoms with Crippen LogP contribution in [-0.2, 0) is 28.5 Å². The van der Waals surface area contributed by atoms with Gasteiger partial charge in [-0.2, -0.15) is 0 Å². The number of esters is 1. The van der Waals surface area contributed by atoms with Crippen molar-refractivity contribution in [2.75, 3.05) is 13.1 Å². The van der Waals surface area contributed by atoms with E-state index >= 15 is 0 Å². The molecule has 3 heterocycles. The minimum Gasteiger partial charge on any atom is -0.481 e. The molecule has 394 valence electrons. The summed E-state index contributed by atoms with van der Waals surface area (Å²) < 4.78 is 23.8. The maximum atomic E-state index is 12.7. The summed E-state index contributed by atoms with van der Waals surface area (Å²) in [5.41, 5.74) is 0. The Morgan fingerprint density at radius 2 is 1.28 bits per heavy atom. The highest BCUT2D eigenvalue weighted by atomic mass is 16.7. The Balaban J connectivity index is 1.89. The fourth-order valence-electron chi connectivity index (χ4n) is 9.13. The predicted molar refractivity (Wildman–Crippen MR) is 256 cm³/mol. The highest BCUT2D eigenvalue weighted by Gasteiger charge is 2.51. The number of carboxylic acid groups (broad SMARTS) is 1. The van der Waals surface area contributed by atoms with Crippen molar-refractivity contribution in [2.45, 2.75) is 203 Å². The fraction of sp³-hybridized carbons (Fsp3) is 0.725. The van der Waals surface area contributed by atoms with Gasteiger partial charge in [0, 0.05) is 31.1 Å². The van der Waals surface area contributed by atoms with Crippen LogP contribution in [0.1, 0.15) is 106 Å². The molecule has 0 unspecified atom stereocenters. The van der Waals surface area contributed by atoms with Crippen LogP contribution >= 0.6 is 0 Å². The summed E-state index contributed by atoms with van der Waals surface area (Å²) in [4.78, 5) is 27.2. The number of fused-ring (bicyclic) bond motifs is 2. The molecule has 3 aliphatic heterocycles. The fourth-order valence-corrected chi connectivity index (χ4v) is 9.13. The molecule has 0 aromatic carbocycles. The van der Waals surface area contributed by atoms with E-state index in [9.17, 15) is 65.8 Å². The van der Waals surface area contributed by atoms with Crippen LogP contribution in [0.2, 0.25) is 0 Å². The number of aliphatic hydroxyl groups is 10. The van der Waals surface area contributed by atoms with Crippen molar-refractivity contribution in [1.82, 2.24) is 4.90 Å². The third kappa shape index (κ3) is 19.7. The molecule has 18 nitrogen and oxygen atoms in total. The summed E-state index contributed by atoms with van der Waals surface area (Å²) in [7, 11) is 0. The van der Waals surface area contributed by atoms with Crippen LogP contribution in [-0.4, -0.2) is 184 Å². The predicted octanol–water partition coefficient (Wildman–Crippen LogP) is 2.32. The summed E-state index contributed by atoms with van der Waals surface area (Å²) in [6.07, 6.45) is 3.15. The second kappa shape index (κ2) is 30.0. The van der Waals surface area contributed by atoms with E-state index < -0.39 is 141 Å². The van der Waals surface area contributed by atoms with E-state index in [1.165, 1.54) is 0 Å². The molecule has 2 bridgehead atoms. The Morgan fingerprint density at radius 3 is 1.91 bits per heavy atom. The molecular formula is C51H83NO17. The summed E-state index contributed by atoms with van der Waals surface area (Å²) in [5, 5.41) is 120. The zero-order valence-corrected chi connectivity index (χ0v) is 41.1. The molecule has 0 amide bonds. The lowest BCUT2D eigenvalue weighted by molar-refractivity contribution is -0.313. The number of carbonyl (C=O) groups is 2. The standard InChI is InChI=1S/C51H83NO17/c1-7-52(8-2)45-47(61)34(6)67-50(48(45)62)68-38-22-20-18-16-14-12-10-9-11-13-15-17-19-21-31(3)46(60)32(4)33(5)66-43(59)27-37(55)26-36(54)25-35(53)23-24-39(56)40(57)29-51(65)30-41(58)44(49(63)64)42(28-38)69-51/h9-10,12,14-22,31-42,44-48,50,53-58,60-62,65H,7-8,11,13,23-30H2,1-6H3,(H,63,64)/b10-9+,14-12+,17-15+,18-16+,21-19+,22-20+/t31-,32-,33-,34+,35+,36+,37+,38-,39+,40+,41-,42-,44+,45-,46+,47+,48-,50+,51+/m0/s1. The second-order valence-electron chi connectivity index (χ2n) is 19.0. The first-order valence-corrected chi connectivity index (χ1v) is 24.6. The SMILES string of the molecule is CCN(CC)[C@@H]1[C@H](O)[C@@H](O[C@H]2/C=C/C=C/C=C/C=C/CC/C=C/C=C/[C@H](C)[C@@H](O)[C@@H](C)[C@H](C)OC(=O)C[C@H](O)C[C@H](O)C[C@H](O)CC[C@@H](O)[C@H](O)C[C@]3(O)C[C@H](O)[C@@H](C(=O)O)[C@H](C2)O3)O[C@H](C)[C@H]1O. The van der Waals surface area contributed by atoms with Gasteiger partial charge in [-0.15, -0.1) is 0 Å². The van der Waals surface area contributed by atoms with Gasteiger partial charge in [0.2, 0.25) is 0 Å². The topological polar surface area (TPSA) is 297 Å². The van der Waals surface area contributed by atoms with Crippen LogP contribution in [0.25, 0.3) is 0 Å². The van der Waals surface area contributed by atoms with Gasteiger partial charge < -0.3 is 75.1 Å². The Hall–Kier alpha value is -3.18. The van der Waals surface area contributed by atoms with E-state index in [0.717, 1.165) is 12.8 Å². The van der Waals surface area contributed by atoms with Crippen LogP contribution in [0.3, 0.4) is 0 Å². The molecule has 2 saturated heterocycles. The number of ether oxygens (including phenoxy) is 4. The monoisotopic (exact) mass is 982 g/mol. The molecule has 0 aliphatic carbocycles. The number of aliphatic hydroxyl groups excluding tert-OH is 9. The van der Waals surface area contributed by atoms with Crippen LogP contribution in [0.15, 0.2) is 72.9 Å². The summed E-state index contributed by atoms with van der Waals surface area (Å²) >= 11 is 0. The average molecular weight is 982 g/mol. The first-order valence-electron chi connectivity index (χ1n) is 24.6. The van der Waals surface area contributed by atoms with Gasteiger partial charge in [-0.25, -0.2) is 0 Å². The van der Waals surface area contributed by atoms with Gasteiger partial charge in [0.25, 0.3) is 0 Å². The number of hydrogen-bond donors (Lipinski definition) is 11. The first-order chi connectivity index (χ1) is 32.6. The van der Waals surface area contributed by atoms with Crippen LogP contribution in [0.4, 0.5) is 0 Å². The van der Waals surface area contributed by atoms with Gasteiger partial charge in [0.05, 0.1) is 79.6 Å². The summed E-state index contributed by atoms with van der Waals surface area (Å²) in [6, 6.07) is -0.765. The molecule has 11 N–H and O–H groups in total. The second-order valence-corrected chi connectivity index (χ2v) is 19.0. The molecule has 0 aromatic heterocycles. The zero-order chi connectivity index (χ0) is 51.4. The maximum Gasteiger partial charge on any atom is 0.311 e. The number of carboxylic acids is 1. The normalized spacial score (nSPS) is 43.4. The molecule has 0 radical (unpaired) electrons. The molecule has 18 heteroatoms. The molecule has 0 aromatic rings. The van der Waals surface area contributed by atoms with Crippen molar-refractivity contribution in [3.8, 4) is 0 Å². The third-order valence-corrected chi connectivity index (χ3v) is 13.4. The molecule has 2 fully saturated rings. The average Bonchev–Trinajstić information content (AvgIpc) is 3.26. The number of aliphatic carboxylic acids is 1. The van der Waals surface area contributed by atoms with Crippen molar-refractivity contribution in [1.29, 1.82) is 0 Å². The van der Waals surface area contributed by atoms with Crippen LogP contribution in [0.5, 0.6) is 0 Å². The van der Waals surface area contributed by atoms with Gasteiger partial charge in [-0.05, 0) is 65.5 Å². The minimum absolute atomic E-state index is 0.132. The summed E-state index contributed by atoms with van der Waals surface area (Å²) in [6.45, 7) is 11.7. The summed E-state index contributed by atoms with van der Waals surface area (Å²) in [5.74, 6) is -6.78. The molecule has 3 rings (SSSR count). The number of likely N-dealkylation sites (N-methyl/N-ethyl adjacent to an activating group) is 1. The van der Waals surface area contributed by atoms with Gasteiger partial charge in [0.1, 0.15) is 18.1 Å². The van der Waals surface area contributed by atoms with Crippen molar-refractivity contribution < 1.29 is 84.7 Å². The van der Waals surface area contributed by atoms with E-state index in [1.54, 1.807) is 51.2 Å². The Kier molecular flexibility index (Phi) is 26.1. The maximum absolute atomic E-state index is 12.7. The lowest BCUT2D eigenvalue weighted by Gasteiger charge is -2.47. The number of allylic oxidation sites excluding steroid dienone is 10. The van der Waals surface area contributed by atoms with Gasteiger partial charge >= 0.3 is 11.9 Å². The highest BCUT2D eigenvalue weighted by molar-refractivity contribution is 5.71. The molecule has 0 spiro atoms. The number of nitrogens with zero attached hydrogens (tertiary/aromatic N) is 1. The van der Waals surface area contributed by atoms with Crippen molar-refractivity contribution in [3.63, 3.8) is 0 Å². The molecule has 0 saturated carbocycles. The van der Waals surface area contributed by atoms with E-state index in [4.69, 9.17) is 18.9 Å². The number of hydrogen-bond acceptors (Lipinski definition) is 17. The van der Waals surface area contributed by atoms with Crippen LogP contribution < -0.4 is 0 Å². The van der Waals surface area contributed by atoms with E-state index in [2.05, 4.69) is 0 Å². The molecule has 3 aliphatic rings. The lowest BCUT2D eigenvalue weighted by atomic mass is 9.82. The van der Waals surface area contributed by atoms with Gasteiger partial charge in [-0.1, -0.05) is 101 Å². The van der Waals surface area contributed by atoms with E-state index in [1.807, 2.05) is 68.2 Å². The number of cyclic esters (lactones) is 1. The van der Waals surface area contributed by atoms with Crippen molar-refractivity contribution >= 4 is 11.9 Å². The Morgan fingerprint density at radius 1 is 0.696 bits per heavy atom. The molecule has 69 heavy (non-hydrogen) atoms. The molecular weight excluding hydrogens is 899 g/mol. The third-order valence-electron chi connectivity index (χ3n) is 13.4. The van der Waals surface area contributed by atoms with E-state index in [-0.39, 0.29) is 38.0 Å². The molecule has 19 atom stereocenters. The first kappa shape index (κ1) is 60.1. The highest BCUT2D eigenvalue weighted by Crippen LogP contribution is 2.38. The zero-order valence-electron chi connectivity index (χ0n) is 41.1. The van der Waals surface area contributed by atoms with Crippen molar-refractivity contribution in [2.24, 2.45) is 17.8 Å². The lowest BCUT2D eigenvalue weighted by Crippen LogP contribution is -2.64. The van der Waals surface area contributed by atoms with Gasteiger partial charge in [0.15, 0.2) is 12.1 Å². The number of rotatable bonds is 6. The van der Waals surface area contributed by atoms with Gasteiger partial charge in [-0.3, -0.25) is 14.5 Å². The Labute approximate surface area is 407 Å². The minimum atomic E-state index is -2.35.